The Hall–Kier alpha value is -1.35. The van der Waals surface area contributed by atoms with Gasteiger partial charge in [-0.15, -0.1) is 11.6 Å². The summed E-state index contributed by atoms with van der Waals surface area (Å²) in [7, 11) is 0. The second kappa shape index (κ2) is 5.12. The largest absolute Gasteiger partial charge is 0.339 e. The molecule has 0 saturated carbocycles. The molecule has 1 unspecified atom stereocenters. The predicted octanol–water partition coefficient (Wildman–Crippen LogP) is 3.35. The van der Waals surface area contributed by atoms with Gasteiger partial charge in [0.2, 0.25) is 5.89 Å². The minimum absolute atomic E-state index is 0.158. The Morgan fingerprint density at radius 1 is 1.31 bits per heavy atom. The molecule has 16 heavy (non-hydrogen) atoms. The monoisotopic (exact) mass is 236 g/mol. The number of aromatic nitrogens is 2. The van der Waals surface area contributed by atoms with Crippen LogP contribution in [0.4, 0.5) is 0 Å². The van der Waals surface area contributed by atoms with Gasteiger partial charge in [-0.25, -0.2) is 0 Å². The summed E-state index contributed by atoms with van der Waals surface area (Å²) in [5.74, 6) is 1.63. The Labute approximate surface area is 99.4 Å². The first-order valence-corrected chi connectivity index (χ1v) is 5.82. The molecule has 84 valence electrons. The Morgan fingerprint density at radius 3 is 2.62 bits per heavy atom. The number of benzene rings is 1. The van der Waals surface area contributed by atoms with E-state index in [2.05, 4.69) is 29.2 Å². The smallest absolute Gasteiger partial charge is 0.234 e. The lowest BCUT2D eigenvalue weighted by Gasteiger charge is -2.09. The van der Waals surface area contributed by atoms with Crippen LogP contribution >= 0.6 is 11.6 Å². The van der Waals surface area contributed by atoms with Gasteiger partial charge < -0.3 is 4.52 Å². The number of rotatable bonds is 4. The third kappa shape index (κ3) is 2.25. The third-order valence-corrected chi connectivity index (χ3v) is 2.75. The van der Waals surface area contributed by atoms with E-state index in [9.17, 15) is 0 Å². The zero-order valence-corrected chi connectivity index (χ0v) is 9.81. The van der Waals surface area contributed by atoms with Gasteiger partial charge in [-0.3, -0.25) is 0 Å². The van der Waals surface area contributed by atoms with Crippen LogP contribution < -0.4 is 0 Å². The molecule has 0 aliphatic carbocycles. The van der Waals surface area contributed by atoms with Gasteiger partial charge in [0.15, 0.2) is 5.82 Å². The first-order valence-electron chi connectivity index (χ1n) is 5.28. The van der Waals surface area contributed by atoms with Gasteiger partial charge in [0, 0.05) is 0 Å². The van der Waals surface area contributed by atoms with Crippen molar-refractivity contribution >= 4 is 11.6 Å². The number of hydrogen-bond acceptors (Lipinski definition) is 3. The van der Waals surface area contributed by atoms with Crippen LogP contribution in [0.15, 0.2) is 34.9 Å². The standard InChI is InChI=1S/C12H13ClN2O/c1-2-10(9-6-4-3-5-7-9)12-14-11(8-13)15-16-12/h3-7,10H,2,8H2,1H3. The van der Waals surface area contributed by atoms with Gasteiger partial charge in [-0.1, -0.05) is 42.4 Å². The van der Waals surface area contributed by atoms with Crippen molar-refractivity contribution in [1.29, 1.82) is 0 Å². The average Bonchev–Trinajstić information content (AvgIpc) is 2.80. The maximum Gasteiger partial charge on any atom is 0.234 e. The van der Waals surface area contributed by atoms with Gasteiger partial charge in [0.25, 0.3) is 0 Å². The van der Waals surface area contributed by atoms with Crippen molar-refractivity contribution in [2.45, 2.75) is 25.1 Å². The molecular formula is C12H13ClN2O. The Kier molecular flexibility index (Phi) is 3.57. The summed E-state index contributed by atoms with van der Waals surface area (Å²) in [5.41, 5.74) is 1.19. The molecule has 1 atom stereocenters. The highest BCUT2D eigenvalue weighted by Crippen LogP contribution is 2.26. The molecule has 1 heterocycles. The van der Waals surface area contributed by atoms with E-state index in [0.717, 1.165) is 6.42 Å². The quantitative estimate of drug-likeness (QED) is 0.765. The van der Waals surface area contributed by atoms with Crippen LogP contribution in [-0.2, 0) is 5.88 Å². The van der Waals surface area contributed by atoms with E-state index in [4.69, 9.17) is 16.1 Å². The van der Waals surface area contributed by atoms with Crippen LogP contribution in [0.1, 0.15) is 36.5 Å². The van der Waals surface area contributed by atoms with Crippen molar-refractivity contribution in [3.63, 3.8) is 0 Å². The number of alkyl halides is 1. The van der Waals surface area contributed by atoms with E-state index in [1.54, 1.807) is 0 Å². The SMILES string of the molecule is CCC(c1ccccc1)c1nc(CCl)no1. The van der Waals surface area contributed by atoms with Crippen molar-refractivity contribution < 1.29 is 4.52 Å². The van der Waals surface area contributed by atoms with E-state index in [-0.39, 0.29) is 11.8 Å². The normalized spacial score (nSPS) is 12.6. The number of hydrogen-bond donors (Lipinski definition) is 0. The summed E-state index contributed by atoms with van der Waals surface area (Å²) in [6, 6.07) is 10.2. The van der Waals surface area contributed by atoms with Crippen LogP contribution in [0, 0.1) is 0 Å². The maximum absolute atomic E-state index is 5.65. The number of halogens is 1. The van der Waals surface area contributed by atoms with Crippen molar-refractivity contribution in [3.8, 4) is 0 Å². The van der Waals surface area contributed by atoms with E-state index >= 15 is 0 Å². The summed E-state index contributed by atoms with van der Waals surface area (Å²) in [6.45, 7) is 2.10. The third-order valence-electron chi connectivity index (χ3n) is 2.51. The molecule has 0 bridgehead atoms. The highest BCUT2D eigenvalue weighted by molar-refractivity contribution is 6.16. The molecule has 0 radical (unpaired) electrons. The summed E-state index contributed by atoms with van der Waals surface area (Å²) in [5, 5.41) is 3.81. The summed E-state index contributed by atoms with van der Waals surface area (Å²) < 4.78 is 5.22. The van der Waals surface area contributed by atoms with E-state index in [1.807, 2.05) is 18.2 Å². The lowest BCUT2D eigenvalue weighted by atomic mass is 9.97. The molecule has 2 rings (SSSR count). The molecular weight excluding hydrogens is 224 g/mol. The van der Waals surface area contributed by atoms with Crippen LogP contribution in [-0.4, -0.2) is 10.1 Å². The Bertz CT molecular complexity index is 441. The topological polar surface area (TPSA) is 38.9 Å². The molecule has 1 aromatic carbocycles. The fourth-order valence-corrected chi connectivity index (χ4v) is 1.81. The zero-order valence-electron chi connectivity index (χ0n) is 9.06. The fourth-order valence-electron chi connectivity index (χ4n) is 1.70. The van der Waals surface area contributed by atoms with Gasteiger partial charge in [-0.05, 0) is 12.0 Å². The molecule has 0 aliphatic heterocycles. The molecule has 0 fully saturated rings. The molecule has 2 aromatic rings. The fraction of sp³-hybridized carbons (Fsp3) is 0.333. The molecule has 0 spiro atoms. The molecule has 1 aromatic heterocycles. The summed E-state index contributed by atoms with van der Waals surface area (Å²) in [6.07, 6.45) is 0.925. The van der Waals surface area contributed by atoms with E-state index < -0.39 is 0 Å². The minimum atomic E-state index is 0.158. The average molecular weight is 237 g/mol. The first-order chi connectivity index (χ1) is 7.85. The van der Waals surface area contributed by atoms with Crippen molar-refractivity contribution in [2.24, 2.45) is 0 Å². The zero-order chi connectivity index (χ0) is 11.4. The van der Waals surface area contributed by atoms with Crippen LogP contribution in [0.25, 0.3) is 0 Å². The van der Waals surface area contributed by atoms with E-state index in [1.165, 1.54) is 5.56 Å². The molecule has 0 aliphatic rings. The maximum atomic E-state index is 5.65. The Morgan fingerprint density at radius 2 is 2.06 bits per heavy atom. The van der Waals surface area contributed by atoms with Gasteiger partial charge in [0.1, 0.15) is 0 Å². The van der Waals surface area contributed by atoms with Crippen molar-refractivity contribution in [1.82, 2.24) is 10.1 Å². The second-order valence-electron chi connectivity index (χ2n) is 3.55. The summed E-state index contributed by atoms with van der Waals surface area (Å²) in [4.78, 5) is 4.27. The predicted molar refractivity (Wildman–Crippen MR) is 62.4 cm³/mol. The lowest BCUT2D eigenvalue weighted by Crippen LogP contribution is -2.00. The molecule has 0 N–H and O–H groups in total. The van der Waals surface area contributed by atoms with Crippen molar-refractivity contribution in [3.05, 3.63) is 47.6 Å². The summed E-state index contributed by atoms with van der Waals surface area (Å²) >= 11 is 5.65. The van der Waals surface area contributed by atoms with Gasteiger partial charge >= 0.3 is 0 Å². The minimum Gasteiger partial charge on any atom is -0.339 e. The Balaban J connectivity index is 2.29. The number of nitrogens with zero attached hydrogens (tertiary/aromatic N) is 2. The molecule has 0 amide bonds. The molecule has 4 heteroatoms. The highest BCUT2D eigenvalue weighted by atomic mass is 35.5. The van der Waals surface area contributed by atoms with Crippen LogP contribution in [0.5, 0.6) is 0 Å². The van der Waals surface area contributed by atoms with Gasteiger partial charge in [-0.2, -0.15) is 4.98 Å². The molecule has 0 saturated heterocycles. The van der Waals surface area contributed by atoms with Gasteiger partial charge in [0.05, 0.1) is 11.8 Å². The second-order valence-corrected chi connectivity index (χ2v) is 3.82. The van der Waals surface area contributed by atoms with Crippen molar-refractivity contribution in [2.75, 3.05) is 0 Å². The first kappa shape index (κ1) is 11.1. The highest BCUT2D eigenvalue weighted by Gasteiger charge is 2.18. The van der Waals surface area contributed by atoms with E-state index in [0.29, 0.717) is 11.7 Å². The van der Waals surface area contributed by atoms with Crippen LogP contribution in [0.3, 0.4) is 0 Å². The molecule has 3 nitrogen and oxygen atoms in total. The van der Waals surface area contributed by atoms with Crippen LogP contribution in [0.2, 0.25) is 0 Å². The lowest BCUT2D eigenvalue weighted by molar-refractivity contribution is 0.359.